The van der Waals surface area contributed by atoms with E-state index in [4.69, 9.17) is 0 Å². The van der Waals surface area contributed by atoms with Crippen molar-refractivity contribution in [3.63, 3.8) is 0 Å². The summed E-state index contributed by atoms with van der Waals surface area (Å²) < 4.78 is 4.58. The van der Waals surface area contributed by atoms with E-state index in [2.05, 4.69) is 16.7 Å². The second-order valence-corrected chi connectivity index (χ2v) is 3.53. The van der Waals surface area contributed by atoms with Crippen LogP contribution in [0.15, 0.2) is 0 Å². The van der Waals surface area contributed by atoms with Gasteiger partial charge in [-0.2, -0.15) is 0 Å². The van der Waals surface area contributed by atoms with Gasteiger partial charge in [-0.25, -0.2) is 0 Å². The van der Waals surface area contributed by atoms with Crippen molar-refractivity contribution in [1.29, 1.82) is 0 Å². The van der Waals surface area contributed by atoms with Crippen molar-refractivity contribution in [2.75, 3.05) is 27.2 Å². The summed E-state index contributed by atoms with van der Waals surface area (Å²) in [5, 5.41) is 0. The van der Waals surface area contributed by atoms with Gasteiger partial charge in [0.2, 0.25) is 0 Å². The van der Waals surface area contributed by atoms with Crippen molar-refractivity contribution in [1.82, 2.24) is 4.90 Å². The largest absolute Gasteiger partial charge is 0.469 e. The summed E-state index contributed by atoms with van der Waals surface area (Å²) in [6, 6.07) is 0. The average Bonchev–Trinajstić information content (AvgIpc) is 2.47. The molecule has 1 unspecified atom stereocenters. The first-order valence-corrected chi connectivity index (χ1v) is 4.47. The second kappa shape index (κ2) is 4.45. The molecule has 0 aromatic carbocycles. The Kier molecular flexibility index (Phi) is 3.53. The van der Waals surface area contributed by atoms with Crippen LogP contribution in [0.2, 0.25) is 0 Å². The minimum atomic E-state index is -0.0791. The number of likely N-dealkylation sites (tertiary alicyclic amines) is 1. The van der Waals surface area contributed by atoms with Crippen LogP contribution in [0.25, 0.3) is 0 Å². The molecule has 0 N–H and O–H groups in total. The van der Waals surface area contributed by atoms with E-state index in [1.54, 1.807) is 0 Å². The Hall–Kier alpha value is -0.570. The van der Waals surface area contributed by atoms with Crippen molar-refractivity contribution in [3.05, 3.63) is 0 Å². The van der Waals surface area contributed by atoms with Crippen LogP contribution >= 0.6 is 0 Å². The number of methoxy groups -OCH3 is 1. The van der Waals surface area contributed by atoms with Crippen molar-refractivity contribution in [3.8, 4) is 0 Å². The highest BCUT2D eigenvalue weighted by Crippen LogP contribution is 2.19. The zero-order valence-corrected chi connectivity index (χ0v) is 7.88. The maximum absolute atomic E-state index is 10.8. The van der Waals surface area contributed by atoms with Gasteiger partial charge in [0.15, 0.2) is 0 Å². The van der Waals surface area contributed by atoms with Gasteiger partial charge in [-0.3, -0.25) is 4.79 Å². The minimum absolute atomic E-state index is 0.0791. The predicted molar refractivity (Wildman–Crippen MR) is 46.9 cm³/mol. The summed E-state index contributed by atoms with van der Waals surface area (Å²) >= 11 is 0. The summed E-state index contributed by atoms with van der Waals surface area (Å²) in [5.74, 6) is 0.624. The Bertz CT molecular complexity index is 159. The van der Waals surface area contributed by atoms with E-state index in [0.29, 0.717) is 12.3 Å². The molecule has 1 aliphatic heterocycles. The molecule has 1 rings (SSSR count). The lowest BCUT2D eigenvalue weighted by molar-refractivity contribution is -0.140. The molecule has 0 aromatic rings. The van der Waals surface area contributed by atoms with Crippen molar-refractivity contribution < 1.29 is 9.53 Å². The van der Waals surface area contributed by atoms with Gasteiger partial charge in [0, 0.05) is 13.0 Å². The summed E-state index contributed by atoms with van der Waals surface area (Å²) in [5.41, 5.74) is 0. The molecule has 0 aliphatic carbocycles. The van der Waals surface area contributed by atoms with E-state index in [9.17, 15) is 4.79 Å². The number of carbonyl (C=O) groups is 1. The molecular weight excluding hydrogens is 154 g/mol. The summed E-state index contributed by atoms with van der Waals surface area (Å²) in [7, 11) is 3.57. The van der Waals surface area contributed by atoms with Crippen LogP contribution in [-0.4, -0.2) is 38.1 Å². The molecule has 0 spiro atoms. The first-order chi connectivity index (χ1) is 5.72. The molecule has 1 heterocycles. The lowest BCUT2D eigenvalue weighted by Gasteiger charge is -2.08. The molecular formula is C9H17NO2. The Labute approximate surface area is 73.7 Å². The molecule has 0 bridgehead atoms. The molecule has 70 valence electrons. The van der Waals surface area contributed by atoms with Gasteiger partial charge in [-0.15, -0.1) is 0 Å². The summed E-state index contributed by atoms with van der Waals surface area (Å²) in [6.07, 6.45) is 2.79. The Morgan fingerprint density at radius 1 is 1.67 bits per heavy atom. The summed E-state index contributed by atoms with van der Waals surface area (Å²) in [4.78, 5) is 13.1. The first-order valence-electron chi connectivity index (χ1n) is 4.47. The molecule has 12 heavy (non-hydrogen) atoms. The zero-order valence-electron chi connectivity index (χ0n) is 7.88. The van der Waals surface area contributed by atoms with E-state index in [1.165, 1.54) is 20.1 Å². The van der Waals surface area contributed by atoms with Crippen LogP contribution in [0.4, 0.5) is 0 Å². The fourth-order valence-electron chi connectivity index (χ4n) is 1.69. The van der Waals surface area contributed by atoms with Gasteiger partial charge >= 0.3 is 5.97 Å². The molecule has 1 aliphatic rings. The highest BCUT2D eigenvalue weighted by molar-refractivity contribution is 5.69. The smallest absolute Gasteiger partial charge is 0.305 e. The number of rotatable bonds is 3. The Balaban J connectivity index is 2.11. The third kappa shape index (κ3) is 2.81. The summed E-state index contributed by atoms with van der Waals surface area (Å²) in [6.45, 7) is 2.31. The average molecular weight is 171 g/mol. The lowest BCUT2D eigenvalue weighted by atomic mass is 10.0. The van der Waals surface area contributed by atoms with Gasteiger partial charge < -0.3 is 9.64 Å². The standard InChI is InChI=1S/C9H17NO2/c1-10-6-5-8(7-10)3-4-9(11)12-2/h8H,3-7H2,1-2H3. The van der Waals surface area contributed by atoms with Gasteiger partial charge in [-0.05, 0) is 32.4 Å². The maximum atomic E-state index is 10.8. The van der Waals surface area contributed by atoms with E-state index >= 15 is 0 Å². The number of nitrogens with zero attached hydrogens (tertiary/aromatic N) is 1. The van der Waals surface area contributed by atoms with Gasteiger partial charge in [0.25, 0.3) is 0 Å². The van der Waals surface area contributed by atoms with Crippen molar-refractivity contribution in [2.45, 2.75) is 19.3 Å². The first kappa shape index (κ1) is 9.52. The maximum Gasteiger partial charge on any atom is 0.305 e. The number of carbonyl (C=O) groups excluding carboxylic acids is 1. The quantitative estimate of drug-likeness (QED) is 0.591. The number of esters is 1. The minimum Gasteiger partial charge on any atom is -0.469 e. The van der Waals surface area contributed by atoms with Gasteiger partial charge in [-0.1, -0.05) is 0 Å². The second-order valence-electron chi connectivity index (χ2n) is 3.53. The van der Waals surface area contributed by atoms with Crippen LogP contribution in [-0.2, 0) is 9.53 Å². The molecule has 0 amide bonds. The third-order valence-corrected chi connectivity index (χ3v) is 2.47. The van der Waals surface area contributed by atoms with Crippen LogP contribution in [0.1, 0.15) is 19.3 Å². The fraction of sp³-hybridized carbons (Fsp3) is 0.889. The fourth-order valence-corrected chi connectivity index (χ4v) is 1.69. The molecule has 3 heteroatoms. The van der Waals surface area contributed by atoms with Crippen LogP contribution in [0.5, 0.6) is 0 Å². The number of hydrogen-bond acceptors (Lipinski definition) is 3. The highest BCUT2D eigenvalue weighted by atomic mass is 16.5. The van der Waals surface area contributed by atoms with Gasteiger partial charge in [0.1, 0.15) is 0 Å². The van der Waals surface area contributed by atoms with Crippen LogP contribution in [0.3, 0.4) is 0 Å². The zero-order chi connectivity index (χ0) is 8.97. The SMILES string of the molecule is COC(=O)CCC1CCN(C)C1. The molecule has 1 fully saturated rings. The molecule has 3 nitrogen and oxygen atoms in total. The predicted octanol–water partition coefficient (Wildman–Crippen LogP) is 0.891. The van der Waals surface area contributed by atoms with Crippen molar-refractivity contribution >= 4 is 5.97 Å². The normalized spacial score (nSPS) is 24.3. The van der Waals surface area contributed by atoms with E-state index in [0.717, 1.165) is 13.0 Å². The van der Waals surface area contributed by atoms with E-state index in [-0.39, 0.29) is 5.97 Å². The Morgan fingerprint density at radius 2 is 2.42 bits per heavy atom. The number of hydrogen-bond donors (Lipinski definition) is 0. The van der Waals surface area contributed by atoms with Crippen molar-refractivity contribution in [2.24, 2.45) is 5.92 Å². The van der Waals surface area contributed by atoms with Crippen LogP contribution in [0, 0.1) is 5.92 Å². The lowest BCUT2D eigenvalue weighted by Crippen LogP contribution is -2.14. The molecule has 1 atom stereocenters. The van der Waals surface area contributed by atoms with E-state index in [1.807, 2.05) is 0 Å². The third-order valence-electron chi connectivity index (χ3n) is 2.47. The molecule has 1 saturated heterocycles. The highest BCUT2D eigenvalue weighted by Gasteiger charge is 2.19. The molecule has 0 aromatic heterocycles. The van der Waals surface area contributed by atoms with Gasteiger partial charge in [0.05, 0.1) is 7.11 Å². The van der Waals surface area contributed by atoms with E-state index < -0.39 is 0 Å². The number of ether oxygens (including phenoxy) is 1. The monoisotopic (exact) mass is 171 g/mol. The Morgan fingerprint density at radius 3 is 2.92 bits per heavy atom. The molecule has 0 saturated carbocycles. The topological polar surface area (TPSA) is 29.5 Å². The van der Waals surface area contributed by atoms with Crippen LogP contribution < -0.4 is 0 Å². The molecule has 0 radical (unpaired) electrons.